The molecule has 0 saturated heterocycles. The molecule has 1 aromatic rings. The highest BCUT2D eigenvalue weighted by atomic mass is 16.3. The number of anilines is 1. The first-order valence-corrected chi connectivity index (χ1v) is 4.65. The number of aliphatic hydroxyl groups is 2. The largest absolute Gasteiger partial charge is 0.399 e. The summed E-state index contributed by atoms with van der Waals surface area (Å²) in [7, 11) is 0. The molecule has 4 heteroatoms. The van der Waals surface area contributed by atoms with Crippen LogP contribution in [0.5, 0.6) is 0 Å². The van der Waals surface area contributed by atoms with Crippen molar-refractivity contribution in [3.05, 3.63) is 29.3 Å². The lowest BCUT2D eigenvalue weighted by atomic mass is 10.00. The molecule has 0 aliphatic heterocycles. The lowest BCUT2D eigenvalue weighted by Crippen LogP contribution is -2.17. The maximum atomic E-state index is 9.69. The molecule has 0 saturated carbocycles. The van der Waals surface area contributed by atoms with Crippen LogP contribution in [-0.4, -0.2) is 16.3 Å². The van der Waals surface area contributed by atoms with Crippen LogP contribution in [0.3, 0.4) is 0 Å². The zero-order valence-electron chi connectivity index (χ0n) is 8.51. The fraction of sp³-hybridized carbons (Fsp3) is 0.364. The van der Waals surface area contributed by atoms with E-state index in [1.54, 1.807) is 18.2 Å². The SMILES string of the molecule is Cc1cc(C(O)C(O)CC#N)ccc1N. The molecule has 2 atom stereocenters. The van der Waals surface area contributed by atoms with E-state index in [2.05, 4.69) is 0 Å². The van der Waals surface area contributed by atoms with Crippen molar-refractivity contribution in [3.63, 3.8) is 0 Å². The van der Waals surface area contributed by atoms with Gasteiger partial charge in [-0.1, -0.05) is 12.1 Å². The molecule has 0 heterocycles. The van der Waals surface area contributed by atoms with Crippen molar-refractivity contribution in [2.45, 2.75) is 25.6 Å². The Balaban J connectivity index is 2.87. The van der Waals surface area contributed by atoms with Crippen LogP contribution >= 0.6 is 0 Å². The van der Waals surface area contributed by atoms with Gasteiger partial charge in [0.2, 0.25) is 0 Å². The average molecular weight is 206 g/mol. The predicted molar refractivity (Wildman–Crippen MR) is 56.8 cm³/mol. The van der Waals surface area contributed by atoms with Crippen LogP contribution in [0.4, 0.5) is 5.69 Å². The number of benzene rings is 1. The number of hydrogen-bond donors (Lipinski definition) is 3. The van der Waals surface area contributed by atoms with E-state index in [4.69, 9.17) is 11.0 Å². The number of aryl methyl sites for hydroxylation is 1. The summed E-state index contributed by atoms with van der Waals surface area (Å²) in [5.74, 6) is 0. The molecule has 4 nitrogen and oxygen atoms in total. The van der Waals surface area contributed by atoms with Crippen molar-refractivity contribution in [3.8, 4) is 6.07 Å². The highest BCUT2D eigenvalue weighted by Crippen LogP contribution is 2.22. The van der Waals surface area contributed by atoms with Crippen molar-refractivity contribution in [1.29, 1.82) is 5.26 Å². The first-order chi connectivity index (χ1) is 7.06. The van der Waals surface area contributed by atoms with Crippen LogP contribution in [0.15, 0.2) is 18.2 Å². The van der Waals surface area contributed by atoms with E-state index >= 15 is 0 Å². The van der Waals surface area contributed by atoms with Crippen molar-refractivity contribution in [2.75, 3.05) is 5.73 Å². The predicted octanol–water partition coefficient (Wildman–Crippen LogP) is 0.885. The van der Waals surface area contributed by atoms with Crippen molar-refractivity contribution in [2.24, 2.45) is 0 Å². The standard InChI is InChI=1S/C11H14N2O2/c1-7-6-8(2-3-9(7)13)11(15)10(14)4-5-12/h2-3,6,10-11,14-15H,4,13H2,1H3. The molecule has 0 fully saturated rings. The van der Waals surface area contributed by atoms with Gasteiger partial charge in [-0.3, -0.25) is 0 Å². The third kappa shape index (κ3) is 2.69. The van der Waals surface area contributed by atoms with Gasteiger partial charge in [-0.25, -0.2) is 0 Å². The Bertz CT molecular complexity index is 385. The van der Waals surface area contributed by atoms with Crippen LogP contribution < -0.4 is 5.73 Å². The van der Waals surface area contributed by atoms with Crippen LogP contribution in [0, 0.1) is 18.3 Å². The van der Waals surface area contributed by atoms with Gasteiger partial charge in [-0.2, -0.15) is 5.26 Å². The lowest BCUT2D eigenvalue weighted by Gasteiger charge is -2.16. The molecule has 15 heavy (non-hydrogen) atoms. The molecule has 0 amide bonds. The lowest BCUT2D eigenvalue weighted by molar-refractivity contribution is 0.0216. The molecule has 4 N–H and O–H groups in total. The van der Waals surface area contributed by atoms with Gasteiger partial charge >= 0.3 is 0 Å². The molecule has 0 aromatic heterocycles. The van der Waals surface area contributed by atoms with Crippen LogP contribution in [0.2, 0.25) is 0 Å². The van der Waals surface area contributed by atoms with Gasteiger partial charge in [0.1, 0.15) is 6.10 Å². The van der Waals surface area contributed by atoms with Crippen LogP contribution in [0.25, 0.3) is 0 Å². The minimum atomic E-state index is -1.06. The van der Waals surface area contributed by atoms with Gasteiger partial charge in [0.15, 0.2) is 0 Å². The Hall–Kier alpha value is -1.57. The Morgan fingerprint density at radius 2 is 2.13 bits per heavy atom. The summed E-state index contributed by atoms with van der Waals surface area (Å²) in [6, 6.07) is 6.84. The van der Waals surface area contributed by atoms with Gasteiger partial charge in [0, 0.05) is 5.69 Å². The van der Waals surface area contributed by atoms with Crippen molar-refractivity contribution in [1.82, 2.24) is 0 Å². The fourth-order valence-electron chi connectivity index (χ4n) is 1.31. The average Bonchev–Trinajstić information content (AvgIpc) is 2.21. The van der Waals surface area contributed by atoms with Gasteiger partial charge in [0.25, 0.3) is 0 Å². The molecule has 0 aliphatic rings. The number of nitrogen functional groups attached to an aromatic ring is 1. The highest BCUT2D eigenvalue weighted by Gasteiger charge is 2.18. The summed E-state index contributed by atoms with van der Waals surface area (Å²) < 4.78 is 0. The number of rotatable bonds is 3. The summed E-state index contributed by atoms with van der Waals surface area (Å²) in [6.07, 6.45) is -2.19. The van der Waals surface area contributed by atoms with Gasteiger partial charge < -0.3 is 15.9 Å². The molecule has 0 aliphatic carbocycles. The molecule has 1 rings (SSSR count). The number of nitrogens with two attached hydrogens (primary N) is 1. The van der Waals surface area contributed by atoms with E-state index in [-0.39, 0.29) is 6.42 Å². The third-order valence-electron chi connectivity index (χ3n) is 2.30. The zero-order chi connectivity index (χ0) is 11.4. The maximum Gasteiger partial charge on any atom is 0.106 e. The molecule has 80 valence electrons. The Morgan fingerprint density at radius 1 is 1.47 bits per heavy atom. The molecule has 0 radical (unpaired) electrons. The monoisotopic (exact) mass is 206 g/mol. The summed E-state index contributed by atoms with van der Waals surface area (Å²) in [5, 5.41) is 27.5. The second kappa shape index (κ2) is 4.78. The molecular formula is C11H14N2O2. The fourth-order valence-corrected chi connectivity index (χ4v) is 1.31. The third-order valence-corrected chi connectivity index (χ3v) is 2.30. The van der Waals surface area contributed by atoms with E-state index in [1.807, 2.05) is 13.0 Å². The topological polar surface area (TPSA) is 90.3 Å². The summed E-state index contributed by atoms with van der Waals surface area (Å²) in [5.41, 5.74) is 7.68. The first-order valence-electron chi connectivity index (χ1n) is 4.65. The van der Waals surface area contributed by atoms with Gasteiger partial charge in [-0.05, 0) is 24.1 Å². The minimum absolute atomic E-state index is 0.0927. The van der Waals surface area contributed by atoms with Crippen molar-refractivity contribution >= 4 is 5.69 Å². The summed E-state index contributed by atoms with van der Waals surface area (Å²) >= 11 is 0. The van der Waals surface area contributed by atoms with E-state index in [9.17, 15) is 10.2 Å². The van der Waals surface area contributed by atoms with Gasteiger partial charge in [-0.15, -0.1) is 0 Å². The number of nitriles is 1. The second-order valence-corrected chi connectivity index (χ2v) is 3.49. The number of nitrogens with zero attached hydrogens (tertiary/aromatic N) is 1. The van der Waals surface area contributed by atoms with Gasteiger partial charge in [0.05, 0.1) is 18.6 Å². The van der Waals surface area contributed by atoms with E-state index in [0.29, 0.717) is 11.3 Å². The maximum absolute atomic E-state index is 9.69. The molecule has 0 bridgehead atoms. The normalized spacial score (nSPS) is 14.3. The summed E-state index contributed by atoms with van der Waals surface area (Å²) in [4.78, 5) is 0. The first kappa shape index (κ1) is 11.5. The Morgan fingerprint density at radius 3 is 2.67 bits per heavy atom. The molecule has 2 unspecified atom stereocenters. The Labute approximate surface area is 88.6 Å². The van der Waals surface area contributed by atoms with E-state index in [1.165, 1.54) is 0 Å². The number of aliphatic hydroxyl groups excluding tert-OH is 2. The molecule has 1 aromatic carbocycles. The molecular weight excluding hydrogens is 192 g/mol. The summed E-state index contributed by atoms with van der Waals surface area (Å²) in [6.45, 7) is 1.82. The Kier molecular flexibility index (Phi) is 3.67. The van der Waals surface area contributed by atoms with Crippen molar-refractivity contribution < 1.29 is 10.2 Å². The quantitative estimate of drug-likeness (QED) is 0.640. The van der Waals surface area contributed by atoms with Crippen LogP contribution in [0.1, 0.15) is 23.7 Å². The number of hydrogen-bond acceptors (Lipinski definition) is 4. The second-order valence-electron chi connectivity index (χ2n) is 3.49. The van der Waals surface area contributed by atoms with Crippen LogP contribution in [-0.2, 0) is 0 Å². The zero-order valence-corrected chi connectivity index (χ0v) is 8.51. The minimum Gasteiger partial charge on any atom is -0.399 e. The smallest absolute Gasteiger partial charge is 0.106 e. The van der Waals surface area contributed by atoms with E-state index < -0.39 is 12.2 Å². The van der Waals surface area contributed by atoms with E-state index in [0.717, 1.165) is 5.56 Å². The molecule has 0 spiro atoms. The highest BCUT2D eigenvalue weighted by molar-refractivity contribution is 5.48.